The number of anilines is 1. The number of methoxy groups -OCH3 is 1. The van der Waals surface area contributed by atoms with Gasteiger partial charge in [0.1, 0.15) is 0 Å². The molecule has 2 N–H and O–H groups in total. The first-order chi connectivity index (χ1) is 8.49. The molecule has 2 atom stereocenters. The van der Waals surface area contributed by atoms with E-state index in [1.54, 1.807) is 32.4 Å². The highest BCUT2D eigenvalue weighted by Crippen LogP contribution is 2.24. The van der Waals surface area contributed by atoms with E-state index < -0.39 is 0 Å². The van der Waals surface area contributed by atoms with Gasteiger partial charge in [-0.15, -0.1) is 0 Å². The summed E-state index contributed by atoms with van der Waals surface area (Å²) in [6.07, 6.45) is 0.0460. The highest BCUT2D eigenvalue weighted by atomic mass is 35.5. The van der Waals surface area contributed by atoms with Gasteiger partial charge in [-0.25, -0.2) is 0 Å². The molecule has 0 aliphatic heterocycles. The molecule has 1 rings (SSSR count). The fourth-order valence-corrected chi connectivity index (χ4v) is 1.66. The molecule has 100 valence electrons. The minimum absolute atomic E-state index is 0.0460. The number of halogens is 1. The quantitative estimate of drug-likeness (QED) is 0.864. The molecular formula is C13H19ClN2O2. The van der Waals surface area contributed by atoms with Crippen LogP contribution < -0.4 is 10.6 Å². The number of hydrogen-bond acceptors (Lipinski definition) is 3. The van der Waals surface area contributed by atoms with Crippen LogP contribution in [0.25, 0.3) is 0 Å². The van der Waals surface area contributed by atoms with Crippen molar-refractivity contribution in [1.29, 1.82) is 0 Å². The molecule has 0 aromatic heterocycles. The van der Waals surface area contributed by atoms with Gasteiger partial charge in [0.15, 0.2) is 0 Å². The van der Waals surface area contributed by atoms with Crippen molar-refractivity contribution in [3.05, 3.63) is 28.8 Å². The molecule has 1 amide bonds. The lowest BCUT2D eigenvalue weighted by Crippen LogP contribution is -2.30. The van der Waals surface area contributed by atoms with Crippen LogP contribution in [-0.2, 0) is 4.74 Å². The first-order valence-corrected chi connectivity index (χ1v) is 6.18. The van der Waals surface area contributed by atoms with E-state index in [4.69, 9.17) is 16.3 Å². The maximum atomic E-state index is 11.5. The average molecular weight is 271 g/mol. The number of carbonyl (C=O) groups excluding carboxylic acids is 1. The fraction of sp³-hybridized carbons (Fsp3) is 0.462. The van der Waals surface area contributed by atoms with Gasteiger partial charge in [-0.1, -0.05) is 11.6 Å². The van der Waals surface area contributed by atoms with Crippen LogP contribution in [0.5, 0.6) is 0 Å². The van der Waals surface area contributed by atoms with Gasteiger partial charge >= 0.3 is 0 Å². The summed E-state index contributed by atoms with van der Waals surface area (Å²) in [7, 11) is 3.26. The van der Waals surface area contributed by atoms with Crippen LogP contribution in [0.3, 0.4) is 0 Å². The third-order valence-electron chi connectivity index (χ3n) is 2.91. The summed E-state index contributed by atoms with van der Waals surface area (Å²) < 4.78 is 5.24. The van der Waals surface area contributed by atoms with Gasteiger partial charge in [-0.2, -0.15) is 0 Å². The number of ether oxygens (including phenoxy) is 1. The zero-order valence-corrected chi connectivity index (χ0v) is 11.8. The monoisotopic (exact) mass is 270 g/mol. The van der Waals surface area contributed by atoms with Gasteiger partial charge in [-0.05, 0) is 32.0 Å². The summed E-state index contributed by atoms with van der Waals surface area (Å²) in [5.74, 6) is -0.137. The van der Waals surface area contributed by atoms with Crippen molar-refractivity contribution in [3.8, 4) is 0 Å². The van der Waals surface area contributed by atoms with E-state index in [0.717, 1.165) is 5.69 Å². The normalized spacial score (nSPS) is 13.8. The minimum atomic E-state index is -0.137. The molecule has 0 spiro atoms. The SMILES string of the molecule is CNC(=O)c1ccc(Cl)c(NC(C)C(C)OC)c1. The number of benzene rings is 1. The Morgan fingerprint density at radius 3 is 2.61 bits per heavy atom. The second-order valence-electron chi connectivity index (χ2n) is 4.15. The van der Waals surface area contributed by atoms with Gasteiger partial charge in [-0.3, -0.25) is 4.79 Å². The molecule has 2 unspecified atom stereocenters. The molecule has 0 fully saturated rings. The Balaban J connectivity index is 2.91. The number of carbonyl (C=O) groups is 1. The molecule has 0 aliphatic carbocycles. The van der Waals surface area contributed by atoms with Crippen LogP contribution in [0.2, 0.25) is 5.02 Å². The van der Waals surface area contributed by atoms with Crippen LogP contribution in [0.1, 0.15) is 24.2 Å². The van der Waals surface area contributed by atoms with Crippen molar-refractivity contribution in [3.63, 3.8) is 0 Å². The molecule has 0 radical (unpaired) electrons. The van der Waals surface area contributed by atoms with Gasteiger partial charge in [0.25, 0.3) is 5.91 Å². The summed E-state index contributed by atoms with van der Waals surface area (Å²) >= 11 is 6.10. The van der Waals surface area contributed by atoms with Crippen LogP contribution in [-0.4, -0.2) is 32.2 Å². The van der Waals surface area contributed by atoms with Gasteiger partial charge in [0.05, 0.1) is 16.8 Å². The molecular weight excluding hydrogens is 252 g/mol. The summed E-state index contributed by atoms with van der Waals surface area (Å²) in [6, 6.07) is 5.22. The lowest BCUT2D eigenvalue weighted by atomic mass is 10.1. The van der Waals surface area contributed by atoms with Gasteiger partial charge < -0.3 is 15.4 Å². The second kappa shape index (κ2) is 6.61. The van der Waals surface area contributed by atoms with Crippen LogP contribution in [0.15, 0.2) is 18.2 Å². The van der Waals surface area contributed by atoms with Crippen molar-refractivity contribution in [2.75, 3.05) is 19.5 Å². The molecule has 5 heteroatoms. The standard InChI is InChI=1S/C13H19ClN2O2/c1-8(9(2)18-4)16-12-7-10(13(17)15-3)5-6-11(12)14/h5-9,16H,1-4H3,(H,15,17). The Labute approximate surface area is 113 Å². The summed E-state index contributed by atoms with van der Waals surface area (Å²) in [5.41, 5.74) is 1.30. The molecule has 0 saturated carbocycles. The van der Waals surface area contributed by atoms with E-state index >= 15 is 0 Å². The van der Waals surface area contributed by atoms with Crippen LogP contribution in [0, 0.1) is 0 Å². The molecule has 0 heterocycles. The minimum Gasteiger partial charge on any atom is -0.380 e. The van der Waals surface area contributed by atoms with Crippen molar-refractivity contribution in [1.82, 2.24) is 5.32 Å². The van der Waals surface area contributed by atoms with Crippen LogP contribution >= 0.6 is 11.6 Å². The molecule has 1 aromatic carbocycles. The highest BCUT2D eigenvalue weighted by Gasteiger charge is 2.14. The van der Waals surface area contributed by atoms with E-state index in [1.165, 1.54) is 0 Å². The maximum absolute atomic E-state index is 11.5. The fourth-order valence-electron chi connectivity index (χ4n) is 1.49. The van der Waals surface area contributed by atoms with E-state index in [0.29, 0.717) is 10.6 Å². The first kappa shape index (κ1) is 14.8. The molecule has 0 aliphatic rings. The Hall–Kier alpha value is -1.26. The number of nitrogens with one attached hydrogen (secondary N) is 2. The highest BCUT2D eigenvalue weighted by molar-refractivity contribution is 6.33. The molecule has 18 heavy (non-hydrogen) atoms. The Morgan fingerprint density at radius 2 is 2.06 bits per heavy atom. The summed E-state index contributed by atoms with van der Waals surface area (Å²) in [5, 5.41) is 6.41. The van der Waals surface area contributed by atoms with E-state index in [2.05, 4.69) is 10.6 Å². The van der Waals surface area contributed by atoms with Gasteiger partial charge in [0, 0.05) is 25.8 Å². The Morgan fingerprint density at radius 1 is 1.39 bits per heavy atom. The summed E-state index contributed by atoms with van der Waals surface area (Å²) in [4.78, 5) is 11.5. The number of hydrogen-bond donors (Lipinski definition) is 2. The van der Waals surface area contributed by atoms with Crippen LogP contribution in [0.4, 0.5) is 5.69 Å². The zero-order chi connectivity index (χ0) is 13.7. The molecule has 1 aromatic rings. The average Bonchev–Trinajstić information content (AvgIpc) is 2.39. The van der Waals surface area contributed by atoms with Gasteiger partial charge in [0.2, 0.25) is 0 Å². The third-order valence-corrected chi connectivity index (χ3v) is 3.24. The Kier molecular flexibility index (Phi) is 5.44. The second-order valence-corrected chi connectivity index (χ2v) is 4.55. The predicted octanol–water partition coefficient (Wildman–Crippen LogP) is 2.53. The topological polar surface area (TPSA) is 50.4 Å². The smallest absolute Gasteiger partial charge is 0.251 e. The lowest BCUT2D eigenvalue weighted by Gasteiger charge is -2.22. The van der Waals surface area contributed by atoms with Crippen molar-refractivity contribution < 1.29 is 9.53 Å². The van der Waals surface area contributed by atoms with Crippen molar-refractivity contribution in [2.45, 2.75) is 26.0 Å². The van der Waals surface area contributed by atoms with Crippen molar-refractivity contribution >= 4 is 23.2 Å². The van der Waals surface area contributed by atoms with E-state index in [1.807, 2.05) is 13.8 Å². The maximum Gasteiger partial charge on any atom is 0.251 e. The van der Waals surface area contributed by atoms with E-state index in [9.17, 15) is 4.79 Å². The lowest BCUT2D eigenvalue weighted by molar-refractivity contribution is 0.0963. The molecule has 4 nitrogen and oxygen atoms in total. The number of rotatable bonds is 5. The molecule has 0 bridgehead atoms. The summed E-state index contributed by atoms with van der Waals surface area (Å²) in [6.45, 7) is 3.96. The molecule has 0 saturated heterocycles. The third kappa shape index (κ3) is 3.62. The number of amides is 1. The Bertz CT molecular complexity index is 423. The first-order valence-electron chi connectivity index (χ1n) is 5.80. The zero-order valence-electron chi connectivity index (χ0n) is 11.1. The van der Waals surface area contributed by atoms with Crippen molar-refractivity contribution in [2.24, 2.45) is 0 Å². The van der Waals surface area contributed by atoms with E-state index in [-0.39, 0.29) is 18.1 Å². The largest absolute Gasteiger partial charge is 0.380 e. The predicted molar refractivity (Wildman–Crippen MR) is 74.4 cm³/mol.